The van der Waals surface area contributed by atoms with Gasteiger partial charge in [-0.05, 0) is 73.8 Å². The van der Waals surface area contributed by atoms with Gasteiger partial charge in [0.2, 0.25) is 0 Å². The Balaban J connectivity index is 0.000000220. The normalized spacial score (nSPS) is 13.5. The molecule has 1 saturated heterocycles. The summed E-state index contributed by atoms with van der Waals surface area (Å²) in [6.07, 6.45) is 2.34. The predicted molar refractivity (Wildman–Crippen MR) is 117 cm³/mol. The largest absolute Gasteiger partial charge is 0.497 e. The van der Waals surface area contributed by atoms with Crippen LogP contribution in [0.2, 0.25) is 0 Å². The lowest BCUT2D eigenvalue weighted by molar-refractivity contribution is 0.0955. The molecule has 1 amide bonds. The average molecular weight is 416 g/mol. The monoisotopic (exact) mass is 415 g/mol. The highest BCUT2D eigenvalue weighted by Crippen LogP contribution is 2.24. The van der Waals surface area contributed by atoms with Crippen molar-refractivity contribution < 1.29 is 13.9 Å². The molecule has 30 heavy (non-hydrogen) atoms. The van der Waals surface area contributed by atoms with E-state index < -0.39 is 0 Å². The number of nitrogens with zero attached hydrogens (tertiary/aromatic N) is 1. The van der Waals surface area contributed by atoms with Gasteiger partial charge in [-0.3, -0.25) is 9.79 Å². The number of methoxy groups -OCH3 is 1. The van der Waals surface area contributed by atoms with Crippen LogP contribution in [-0.2, 0) is 0 Å². The van der Waals surface area contributed by atoms with E-state index in [0.29, 0.717) is 30.3 Å². The summed E-state index contributed by atoms with van der Waals surface area (Å²) < 4.78 is 17.6. The summed E-state index contributed by atoms with van der Waals surface area (Å²) in [5, 5.41) is 6.02. The van der Waals surface area contributed by atoms with Crippen molar-refractivity contribution in [1.82, 2.24) is 10.6 Å². The smallest absolute Gasteiger partial charge is 0.251 e. The summed E-state index contributed by atoms with van der Waals surface area (Å²) >= 11 is 0. The minimum Gasteiger partial charge on any atom is -0.497 e. The molecule has 0 atom stereocenters. The first-order valence-electron chi connectivity index (χ1n) is 9.93. The molecule has 1 aliphatic heterocycles. The highest BCUT2D eigenvalue weighted by Gasteiger charge is 2.14. The molecular weight excluding hydrogens is 385 g/mol. The van der Waals surface area contributed by atoms with Crippen LogP contribution >= 0.6 is 0 Å². The maximum atomic E-state index is 12.6. The lowest BCUT2D eigenvalue weighted by Crippen LogP contribution is -2.28. The van der Waals surface area contributed by atoms with E-state index in [2.05, 4.69) is 15.6 Å². The number of carbonyl (C=O) groups excluding carboxylic acids is 1. The first-order valence-corrected chi connectivity index (χ1v) is 9.93. The van der Waals surface area contributed by atoms with Gasteiger partial charge in [0.25, 0.3) is 5.91 Å². The first kappa shape index (κ1) is 23.2. The fraction of sp³-hybridized carbons (Fsp3) is 0.364. The first-order chi connectivity index (χ1) is 14.5. The van der Waals surface area contributed by atoms with E-state index in [0.717, 1.165) is 13.1 Å². The molecule has 7 nitrogen and oxygen atoms in total. The predicted octanol–water partition coefficient (Wildman–Crippen LogP) is 1.99. The van der Waals surface area contributed by atoms with E-state index in [9.17, 15) is 9.18 Å². The zero-order chi connectivity index (χ0) is 21.8. The number of halogens is 1. The number of carbonyl (C=O) groups is 1. The zero-order valence-electron chi connectivity index (χ0n) is 17.2. The van der Waals surface area contributed by atoms with Crippen molar-refractivity contribution in [2.75, 3.05) is 33.3 Å². The maximum Gasteiger partial charge on any atom is 0.251 e. The Morgan fingerprint density at radius 3 is 2.33 bits per heavy atom. The molecule has 2 aromatic rings. The SMILES string of the molecule is COc1ccc(C(=O)NCCN=C(N)N)cc1.Fc1ccc(C2CCNCC2)cc1. The Labute approximate surface area is 176 Å². The van der Waals surface area contributed by atoms with Crippen LogP contribution in [0.1, 0.15) is 34.7 Å². The third kappa shape index (κ3) is 8.08. The van der Waals surface area contributed by atoms with Crippen molar-refractivity contribution >= 4 is 11.9 Å². The summed E-state index contributed by atoms with van der Waals surface area (Å²) in [6, 6.07) is 13.8. The number of amides is 1. The standard InChI is InChI=1S/C11H14FN.C11H16N4O2/c12-11-3-1-9(2-4-11)10-5-7-13-8-6-10;1-17-9-4-2-8(3-5-9)10(16)14-6-7-15-11(12)13/h1-4,10,13H,5-8H2;2-5H,6-7H2,1H3,(H,14,16)(H4,12,13,15). The maximum absolute atomic E-state index is 12.6. The molecule has 0 bridgehead atoms. The van der Waals surface area contributed by atoms with Crippen molar-refractivity contribution in [2.24, 2.45) is 16.5 Å². The number of guanidine groups is 1. The van der Waals surface area contributed by atoms with Crippen LogP contribution in [0.15, 0.2) is 53.5 Å². The number of hydrogen-bond donors (Lipinski definition) is 4. The van der Waals surface area contributed by atoms with E-state index in [4.69, 9.17) is 16.2 Å². The third-order valence-corrected chi connectivity index (χ3v) is 4.72. The van der Waals surface area contributed by atoms with Crippen LogP contribution in [-0.4, -0.2) is 45.2 Å². The Morgan fingerprint density at radius 1 is 1.13 bits per heavy atom. The van der Waals surface area contributed by atoms with Gasteiger partial charge in [-0.2, -0.15) is 0 Å². The van der Waals surface area contributed by atoms with Gasteiger partial charge in [-0.1, -0.05) is 12.1 Å². The van der Waals surface area contributed by atoms with Crippen LogP contribution in [0.5, 0.6) is 5.75 Å². The second kappa shape index (κ2) is 12.4. The Hall–Kier alpha value is -3.13. The number of nitrogens with two attached hydrogens (primary N) is 2. The molecule has 0 aliphatic carbocycles. The van der Waals surface area contributed by atoms with E-state index in [1.54, 1.807) is 43.5 Å². The van der Waals surface area contributed by atoms with E-state index >= 15 is 0 Å². The van der Waals surface area contributed by atoms with Crippen molar-refractivity contribution in [3.8, 4) is 5.75 Å². The molecule has 3 rings (SSSR count). The van der Waals surface area contributed by atoms with Crippen molar-refractivity contribution in [3.05, 3.63) is 65.5 Å². The average Bonchev–Trinajstić information content (AvgIpc) is 2.78. The van der Waals surface area contributed by atoms with Crippen molar-refractivity contribution in [3.63, 3.8) is 0 Å². The minimum atomic E-state index is -0.168. The highest BCUT2D eigenvalue weighted by atomic mass is 19.1. The van der Waals surface area contributed by atoms with Crippen LogP contribution in [0.4, 0.5) is 4.39 Å². The summed E-state index contributed by atoms with van der Waals surface area (Å²) in [4.78, 5) is 15.4. The fourth-order valence-electron chi connectivity index (χ4n) is 3.09. The molecule has 0 radical (unpaired) electrons. The molecule has 1 heterocycles. The molecule has 1 aliphatic rings. The summed E-state index contributed by atoms with van der Waals surface area (Å²) in [5.41, 5.74) is 12.2. The van der Waals surface area contributed by atoms with Gasteiger partial charge in [-0.15, -0.1) is 0 Å². The minimum absolute atomic E-state index is 0.0173. The van der Waals surface area contributed by atoms with E-state index in [-0.39, 0.29) is 17.7 Å². The number of rotatable bonds is 6. The van der Waals surface area contributed by atoms with Crippen LogP contribution < -0.4 is 26.8 Å². The second-order valence-corrected chi connectivity index (χ2v) is 6.87. The zero-order valence-corrected chi connectivity index (χ0v) is 17.2. The topological polar surface area (TPSA) is 115 Å². The Bertz CT molecular complexity index is 799. The molecule has 0 unspecified atom stereocenters. The highest BCUT2D eigenvalue weighted by molar-refractivity contribution is 5.94. The number of piperidine rings is 1. The van der Waals surface area contributed by atoms with Crippen molar-refractivity contribution in [1.29, 1.82) is 0 Å². The molecule has 162 valence electrons. The van der Waals surface area contributed by atoms with Gasteiger partial charge in [0, 0.05) is 12.1 Å². The molecular formula is C22H30FN5O2. The van der Waals surface area contributed by atoms with Gasteiger partial charge >= 0.3 is 0 Å². The molecule has 0 aromatic heterocycles. The number of nitrogens with one attached hydrogen (secondary N) is 2. The van der Waals surface area contributed by atoms with Crippen LogP contribution in [0.25, 0.3) is 0 Å². The van der Waals surface area contributed by atoms with Gasteiger partial charge in [0.1, 0.15) is 11.6 Å². The van der Waals surface area contributed by atoms with Crippen LogP contribution in [0.3, 0.4) is 0 Å². The van der Waals surface area contributed by atoms with Gasteiger partial charge in [-0.25, -0.2) is 4.39 Å². The molecule has 0 spiro atoms. The summed E-state index contributed by atoms with van der Waals surface area (Å²) in [5.74, 6) is 1.05. The molecule has 8 heteroatoms. The Kier molecular flexibility index (Phi) is 9.60. The molecule has 1 fully saturated rings. The Morgan fingerprint density at radius 2 is 1.77 bits per heavy atom. The lowest BCUT2D eigenvalue weighted by Gasteiger charge is -2.22. The molecule has 0 saturated carbocycles. The van der Waals surface area contributed by atoms with Crippen LogP contribution in [0, 0.1) is 5.82 Å². The number of benzene rings is 2. The summed E-state index contributed by atoms with van der Waals surface area (Å²) in [6.45, 7) is 2.93. The molecule has 2 aromatic carbocycles. The second-order valence-electron chi connectivity index (χ2n) is 6.87. The van der Waals surface area contributed by atoms with Gasteiger partial charge in [0.15, 0.2) is 5.96 Å². The van der Waals surface area contributed by atoms with E-state index in [1.165, 1.54) is 18.4 Å². The van der Waals surface area contributed by atoms with Gasteiger partial charge in [0.05, 0.1) is 13.7 Å². The number of ether oxygens (including phenoxy) is 1. The van der Waals surface area contributed by atoms with Crippen molar-refractivity contribution in [2.45, 2.75) is 18.8 Å². The number of aliphatic imine (C=N–C) groups is 1. The number of hydrogen-bond acceptors (Lipinski definition) is 4. The molecule has 6 N–H and O–H groups in total. The fourth-order valence-corrected chi connectivity index (χ4v) is 3.09. The van der Waals surface area contributed by atoms with Gasteiger partial charge < -0.3 is 26.8 Å². The third-order valence-electron chi connectivity index (χ3n) is 4.72. The van der Waals surface area contributed by atoms with E-state index in [1.807, 2.05) is 12.1 Å². The summed E-state index contributed by atoms with van der Waals surface area (Å²) in [7, 11) is 1.57. The lowest BCUT2D eigenvalue weighted by atomic mass is 9.90. The quantitative estimate of drug-likeness (QED) is 0.327.